The number of methoxy groups -OCH3 is 1. The van der Waals surface area contributed by atoms with E-state index >= 15 is 0 Å². The zero-order chi connectivity index (χ0) is 15.8. The van der Waals surface area contributed by atoms with E-state index in [2.05, 4.69) is 13.9 Å². The standard InChI is InChI=1S/C10H6F3NO5S2/c1-18-9(15)6-4-5-2-3-20-8(5)14-7(6)19-21(16,17)10(11,12)13/h2-4H,1H3. The number of halogens is 3. The van der Waals surface area contributed by atoms with Gasteiger partial charge in [-0.3, -0.25) is 0 Å². The van der Waals surface area contributed by atoms with Crippen LogP contribution in [-0.2, 0) is 14.9 Å². The van der Waals surface area contributed by atoms with Gasteiger partial charge < -0.3 is 8.92 Å². The first kappa shape index (κ1) is 15.5. The Bertz CT molecular complexity index is 797. The molecule has 0 amide bonds. The highest BCUT2D eigenvalue weighted by Crippen LogP contribution is 2.31. The summed E-state index contributed by atoms with van der Waals surface area (Å²) in [5.41, 5.74) is -6.15. The molecule has 114 valence electrons. The molecule has 2 rings (SSSR count). The van der Waals surface area contributed by atoms with Gasteiger partial charge in [-0.15, -0.1) is 11.3 Å². The summed E-state index contributed by atoms with van der Waals surface area (Å²) < 4.78 is 67.4. The van der Waals surface area contributed by atoms with Gasteiger partial charge in [-0.25, -0.2) is 9.78 Å². The summed E-state index contributed by atoms with van der Waals surface area (Å²) in [5.74, 6) is -2.04. The van der Waals surface area contributed by atoms with Gasteiger partial charge in [0.25, 0.3) is 0 Å². The number of ether oxygens (including phenoxy) is 1. The number of esters is 1. The van der Waals surface area contributed by atoms with Crippen LogP contribution in [0.3, 0.4) is 0 Å². The predicted molar refractivity (Wildman–Crippen MR) is 66.6 cm³/mol. The zero-order valence-corrected chi connectivity index (χ0v) is 11.8. The Labute approximate surface area is 120 Å². The Balaban J connectivity index is 2.58. The third kappa shape index (κ3) is 2.93. The van der Waals surface area contributed by atoms with Gasteiger partial charge in [0.1, 0.15) is 10.4 Å². The maximum atomic E-state index is 12.3. The number of fused-ring (bicyclic) bond motifs is 1. The highest BCUT2D eigenvalue weighted by atomic mass is 32.2. The molecular formula is C10H6F3NO5S2. The van der Waals surface area contributed by atoms with Crippen LogP contribution in [0.15, 0.2) is 17.5 Å². The van der Waals surface area contributed by atoms with Crippen LogP contribution in [-0.4, -0.2) is 32.0 Å². The second-order valence-electron chi connectivity index (χ2n) is 3.63. The summed E-state index contributed by atoms with van der Waals surface area (Å²) in [4.78, 5) is 15.4. The van der Waals surface area contributed by atoms with Gasteiger partial charge in [-0.1, -0.05) is 0 Å². The van der Waals surface area contributed by atoms with Crippen LogP contribution in [0.5, 0.6) is 5.88 Å². The van der Waals surface area contributed by atoms with Crippen LogP contribution in [0.4, 0.5) is 13.2 Å². The van der Waals surface area contributed by atoms with Crippen molar-refractivity contribution in [1.82, 2.24) is 4.98 Å². The average Bonchev–Trinajstić information content (AvgIpc) is 2.82. The van der Waals surface area contributed by atoms with E-state index in [4.69, 9.17) is 0 Å². The van der Waals surface area contributed by atoms with E-state index in [1.807, 2.05) is 0 Å². The predicted octanol–water partition coefficient (Wildman–Crippen LogP) is 2.31. The fraction of sp³-hybridized carbons (Fsp3) is 0.200. The molecular weight excluding hydrogens is 335 g/mol. The minimum atomic E-state index is -5.93. The Morgan fingerprint density at radius 3 is 2.62 bits per heavy atom. The monoisotopic (exact) mass is 341 g/mol. The van der Waals surface area contributed by atoms with E-state index in [0.29, 0.717) is 5.39 Å². The van der Waals surface area contributed by atoms with Gasteiger partial charge in [-0.05, 0) is 17.5 Å². The van der Waals surface area contributed by atoms with E-state index in [-0.39, 0.29) is 4.83 Å². The Kier molecular flexibility index (Phi) is 3.80. The van der Waals surface area contributed by atoms with Gasteiger partial charge in [0.2, 0.25) is 5.88 Å². The number of thiophene rings is 1. The molecule has 0 aliphatic carbocycles. The molecule has 0 aromatic carbocycles. The summed E-state index contributed by atoms with van der Waals surface area (Å²) in [5, 5.41) is 2.01. The summed E-state index contributed by atoms with van der Waals surface area (Å²) in [6.45, 7) is 0. The van der Waals surface area contributed by atoms with Crippen LogP contribution in [0.1, 0.15) is 10.4 Å². The fourth-order valence-corrected chi connectivity index (χ4v) is 2.52. The minimum absolute atomic E-state index is 0.218. The number of alkyl halides is 3. The molecule has 0 saturated carbocycles. The lowest BCUT2D eigenvalue weighted by Crippen LogP contribution is -2.29. The van der Waals surface area contributed by atoms with E-state index in [1.54, 1.807) is 11.4 Å². The van der Waals surface area contributed by atoms with Crippen molar-refractivity contribution in [3.8, 4) is 5.88 Å². The molecule has 0 spiro atoms. The SMILES string of the molecule is COC(=O)c1cc2ccsc2nc1OS(=O)(=O)C(F)(F)F. The van der Waals surface area contributed by atoms with Crippen molar-refractivity contribution in [2.75, 3.05) is 7.11 Å². The summed E-state index contributed by atoms with van der Waals surface area (Å²) >= 11 is 1.04. The van der Waals surface area contributed by atoms with Crippen LogP contribution in [0.25, 0.3) is 10.2 Å². The summed E-state index contributed by atoms with van der Waals surface area (Å²) in [6, 6.07) is 2.70. The molecule has 0 atom stereocenters. The van der Waals surface area contributed by atoms with Gasteiger partial charge in [0.15, 0.2) is 0 Å². The number of carbonyl (C=O) groups excluding carboxylic acids is 1. The van der Waals surface area contributed by atoms with Crippen molar-refractivity contribution in [2.24, 2.45) is 0 Å². The molecule has 0 unspecified atom stereocenters. The van der Waals surface area contributed by atoms with Crippen molar-refractivity contribution in [3.05, 3.63) is 23.1 Å². The fourth-order valence-electron chi connectivity index (χ4n) is 1.35. The third-order valence-corrected chi connectivity index (χ3v) is 4.05. The quantitative estimate of drug-likeness (QED) is 0.484. The first-order valence-corrected chi connectivity index (χ1v) is 7.42. The lowest BCUT2D eigenvalue weighted by Gasteiger charge is -2.11. The van der Waals surface area contributed by atoms with Crippen molar-refractivity contribution < 1.29 is 35.3 Å². The molecule has 0 radical (unpaired) electrons. The Hall–Kier alpha value is -1.88. The zero-order valence-electron chi connectivity index (χ0n) is 10.2. The normalized spacial score (nSPS) is 12.4. The van der Waals surface area contributed by atoms with Crippen LogP contribution in [0, 0.1) is 0 Å². The third-order valence-electron chi connectivity index (χ3n) is 2.28. The molecule has 21 heavy (non-hydrogen) atoms. The van der Waals surface area contributed by atoms with Crippen molar-refractivity contribution in [2.45, 2.75) is 5.51 Å². The molecule has 0 aliphatic heterocycles. The lowest BCUT2D eigenvalue weighted by atomic mass is 10.2. The van der Waals surface area contributed by atoms with Crippen molar-refractivity contribution >= 4 is 37.6 Å². The van der Waals surface area contributed by atoms with E-state index < -0.39 is 33.0 Å². The number of hydrogen-bond acceptors (Lipinski definition) is 7. The second kappa shape index (κ2) is 5.15. The molecule has 2 aromatic rings. The molecule has 6 nitrogen and oxygen atoms in total. The highest BCUT2D eigenvalue weighted by Gasteiger charge is 2.49. The van der Waals surface area contributed by atoms with Crippen LogP contribution in [0.2, 0.25) is 0 Å². The van der Waals surface area contributed by atoms with Gasteiger partial charge in [-0.2, -0.15) is 21.6 Å². The van der Waals surface area contributed by atoms with E-state index in [1.165, 1.54) is 0 Å². The van der Waals surface area contributed by atoms with E-state index in [0.717, 1.165) is 24.5 Å². The number of nitrogens with zero attached hydrogens (tertiary/aromatic N) is 1. The van der Waals surface area contributed by atoms with Crippen molar-refractivity contribution in [3.63, 3.8) is 0 Å². The number of hydrogen-bond donors (Lipinski definition) is 0. The number of aromatic nitrogens is 1. The smallest absolute Gasteiger partial charge is 0.465 e. The molecule has 0 fully saturated rings. The lowest BCUT2D eigenvalue weighted by molar-refractivity contribution is -0.0501. The molecule has 11 heteroatoms. The molecule has 0 bridgehead atoms. The Morgan fingerprint density at radius 2 is 2.05 bits per heavy atom. The van der Waals surface area contributed by atoms with Gasteiger partial charge in [0.05, 0.1) is 7.11 Å². The number of rotatable bonds is 3. The topological polar surface area (TPSA) is 82.6 Å². The molecule has 2 heterocycles. The maximum absolute atomic E-state index is 12.3. The molecule has 2 aromatic heterocycles. The first-order chi connectivity index (χ1) is 9.65. The second-order valence-corrected chi connectivity index (χ2v) is 6.06. The molecule has 0 aliphatic rings. The van der Waals surface area contributed by atoms with Gasteiger partial charge in [0, 0.05) is 5.39 Å². The average molecular weight is 341 g/mol. The number of pyridine rings is 1. The minimum Gasteiger partial charge on any atom is -0.465 e. The highest BCUT2D eigenvalue weighted by molar-refractivity contribution is 7.88. The molecule has 0 N–H and O–H groups in total. The van der Waals surface area contributed by atoms with E-state index in [9.17, 15) is 26.4 Å². The Morgan fingerprint density at radius 1 is 1.38 bits per heavy atom. The first-order valence-electron chi connectivity index (χ1n) is 5.13. The molecule has 0 saturated heterocycles. The largest absolute Gasteiger partial charge is 0.534 e. The van der Waals surface area contributed by atoms with Crippen LogP contribution < -0.4 is 4.18 Å². The summed E-state index contributed by atoms with van der Waals surface area (Å²) in [7, 11) is -4.94. The van der Waals surface area contributed by atoms with Crippen molar-refractivity contribution in [1.29, 1.82) is 0 Å². The van der Waals surface area contributed by atoms with Gasteiger partial charge >= 0.3 is 21.6 Å². The maximum Gasteiger partial charge on any atom is 0.534 e. The van der Waals surface area contributed by atoms with Crippen LogP contribution >= 0.6 is 11.3 Å². The number of carbonyl (C=O) groups is 1. The summed E-state index contributed by atoms with van der Waals surface area (Å²) in [6.07, 6.45) is 0.